The SMILES string of the molecule is COc1cc(Nc2cc(Br)nc(C)n2)cc(OC)c1OC. The van der Waals surface area contributed by atoms with Gasteiger partial charge in [0.2, 0.25) is 5.75 Å². The Morgan fingerprint density at radius 2 is 1.57 bits per heavy atom. The Kier molecular flexibility index (Phi) is 4.85. The third kappa shape index (κ3) is 3.55. The van der Waals surface area contributed by atoms with Gasteiger partial charge >= 0.3 is 0 Å². The number of ether oxygens (including phenoxy) is 3. The average molecular weight is 354 g/mol. The third-order valence-corrected chi connectivity index (χ3v) is 3.15. The zero-order chi connectivity index (χ0) is 15.4. The summed E-state index contributed by atoms with van der Waals surface area (Å²) in [6, 6.07) is 5.41. The molecule has 2 aromatic rings. The van der Waals surface area contributed by atoms with Gasteiger partial charge in [-0.15, -0.1) is 0 Å². The number of aromatic nitrogens is 2. The van der Waals surface area contributed by atoms with Gasteiger partial charge in [-0.05, 0) is 22.9 Å². The molecule has 1 aromatic heterocycles. The van der Waals surface area contributed by atoms with Gasteiger partial charge in [0.1, 0.15) is 16.2 Å². The molecule has 7 heteroatoms. The molecule has 6 nitrogen and oxygen atoms in total. The first-order chi connectivity index (χ1) is 10.1. The molecule has 0 fully saturated rings. The fourth-order valence-corrected chi connectivity index (χ4v) is 2.37. The van der Waals surface area contributed by atoms with Crippen molar-refractivity contribution in [3.05, 3.63) is 28.6 Å². The molecule has 1 aromatic carbocycles. The lowest BCUT2D eigenvalue weighted by Crippen LogP contribution is -2.00. The summed E-state index contributed by atoms with van der Waals surface area (Å²) in [5.41, 5.74) is 0.773. The maximum Gasteiger partial charge on any atom is 0.203 e. The number of hydrogen-bond acceptors (Lipinski definition) is 6. The largest absolute Gasteiger partial charge is 0.493 e. The molecule has 1 heterocycles. The van der Waals surface area contributed by atoms with Crippen molar-refractivity contribution in [1.29, 1.82) is 0 Å². The van der Waals surface area contributed by atoms with Crippen molar-refractivity contribution in [3.63, 3.8) is 0 Å². The van der Waals surface area contributed by atoms with Gasteiger partial charge in [-0.25, -0.2) is 9.97 Å². The number of nitrogens with zero attached hydrogens (tertiary/aromatic N) is 2. The van der Waals surface area contributed by atoms with Crippen LogP contribution in [0.4, 0.5) is 11.5 Å². The number of hydrogen-bond donors (Lipinski definition) is 1. The Morgan fingerprint density at radius 1 is 0.952 bits per heavy atom. The molecule has 0 saturated heterocycles. The van der Waals surface area contributed by atoms with Crippen LogP contribution in [0.25, 0.3) is 0 Å². The van der Waals surface area contributed by atoms with E-state index >= 15 is 0 Å². The Bertz CT molecular complexity index is 604. The summed E-state index contributed by atoms with van der Waals surface area (Å²) in [6.45, 7) is 1.82. The van der Waals surface area contributed by atoms with Crippen LogP contribution in [0.1, 0.15) is 5.82 Å². The van der Waals surface area contributed by atoms with Crippen LogP contribution in [0, 0.1) is 6.92 Å². The van der Waals surface area contributed by atoms with Crippen molar-refractivity contribution >= 4 is 27.4 Å². The van der Waals surface area contributed by atoms with E-state index in [1.54, 1.807) is 27.4 Å². The smallest absolute Gasteiger partial charge is 0.203 e. The lowest BCUT2D eigenvalue weighted by atomic mass is 10.2. The highest BCUT2D eigenvalue weighted by atomic mass is 79.9. The number of halogens is 1. The number of benzene rings is 1. The molecule has 0 aliphatic carbocycles. The van der Waals surface area contributed by atoms with Crippen molar-refractivity contribution in [1.82, 2.24) is 9.97 Å². The van der Waals surface area contributed by atoms with E-state index in [1.165, 1.54) is 0 Å². The van der Waals surface area contributed by atoms with Crippen molar-refractivity contribution in [2.75, 3.05) is 26.6 Å². The maximum absolute atomic E-state index is 5.32. The summed E-state index contributed by atoms with van der Waals surface area (Å²) in [5, 5.41) is 3.19. The van der Waals surface area contributed by atoms with Crippen LogP contribution in [0.5, 0.6) is 17.2 Å². The number of aryl methyl sites for hydroxylation is 1. The Morgan fingerprint density at radius 3 is 2.05 bits per heavy atom. The van der Waals surface area contributed by atoms with E-state index in [1.807, 2.05) is 19.1 Å². The summed E-state index contributed by atoms with van der Waals surface area (Å²) in [7, 11) is 4.72. The Balaban J connectivity index is 2.40. The minimum absolute atomic E-state index is 0.547. The second kappa shape index (κ2) is 6.62. The number of anilines is 2. The molecule has 0 amide bonds. The molecule has 112 valence electrons. The van der Waals surface area contributed by atoms with Gasteiger partial charge < -0.3 is 19.5 Å². The lowest BCUT2D eigenvalue weighted by molar-refractivity contribution is 0.324. The van der Waals surface area contributed by atoms with E-state index in [4.69, 9.17) is 14.2 Å². The van der Waals surface area contributed by atoms with Crippen LogP contribution in [-0.4, -0.2) is 31.3 Å². The topological polar surface area (TPSA) is 65.5 Å². The van der Waals surface area contributed by atoms with Crippen LogP contribution < -0.4 is 19.5 Å². The molecule has 0 radical (unpaired) electrons. The van der Waals surface area contributed by atoms with Crippen LogP contribution in [0.15, 0.2) is 22.8 Å². The Labute approximate surface area is 131 Å². The first-order valence-electron chi connectivity index (χ1n) is 6.15. The van der Waals surface area contributed by atoms with Crippen LogP contribution in [-0.2, 0) is 0 Å². The summed E-state index contributed by atoms with van der Waals surface area (Å²) < 4.78 is 16.6. The molecule has 21 heavy (non-hydrogen) atoms. The van der Waals surface area contributed by atoms with Gasteiger partial charge in [-0.2, -0.15) is 0 Å². The van der Waals surface area contributed by atoms with Crippen LogP contribution in [0.3, 0.4) is 0 Å². The molecule has 0 aliphatic rings. The predicted molar refractivity (Wildman–Crippen MR) is 83.8 cm³/mol. The molecule has 0 atom stereocenters. The van der Waals surface area contributed by atoms with Gasteiger partial charge in [-0.3, -0.25) is 0 Å². The predicted octanol–water partition coefficient (Wildman–Crippen LogP) is 3.32. The van der Waals surface area contributed by atoms with Crippen LogP contribution >= 0.6 is 15.9 Å². The second-order valence-corrected chi connectivity index (χ2v) is 4.97. The lowest BCUT2D eigenvalue weighted by Gasteiger charge is -2.15. The number of methoxy groups -OCH3 is 3. The van der Waals surface area contributed by atoms with Gasteiger partial charge in [0.15, 0.2) is 11.5 Å². The highest BCUT2D eigenvalue weighted by Gasteiger charge is 2.13. The van der Waals surface area contributed by atoms with Gasteiger partial charge in [0.25, 0.3) is 0 Å². The van der Waals surface area contributed by atoms with E-state index in [2.05, 4.69) is 31.2 Å². The molecular formula is C14H16BrN3O3. The van der Waals surface area contributed by atoms with Crippen molar-refractivity contribution in [2.24, 2.45) is 0 Å². The molecule has 0 spiro atoms. The van der Waals surface area contributed by atoms with E-state index in [9.17, 15) is 0 Å². The van der Waals surface area contributed by atoms with E-state index < -0.39 is 0 Å². The molecule has 0 aliphatic heterocycles. The summed E-state index contributed by atoms with van der Waals surface area (Å²) in [6.07, 6.45) is 0. The van der Waals surface area contributed by atoms with Gasteiger partial charge in [-0.1, -0.05) is 0 Å². The fraction of sp³-hybridized carbons (Fsp3) is 0.286. The van der Waals surface area contributed by atoms with E-state index in [-0.39, 0.29) is 0 Å². The summed E-state index contributed by atoms with van der Waals surface area (Å²) >= 11 is 3.34. The minimum atomic E-state index is 0.547. The zero-order valence-electron chi connectivity index (χ0n) is 12.2. The quantitative estimate of drug-likeness (QED) is 0.831. The average Bonchev–Trinajstić information content (AvgIpc) is 2.45. The standard InChI is InChI=1S/C14H16BrN3O3/c1-8-16-12(15)7-13(17-8)18-9-5-10(19-2)14(21-4)11(6-9)20-3/h5-7H,1-4H3,(H,16,17,18). The van der Waals surface area contributed by atoms with Gasteiger partial charge in [0, 0.05) is 23.9 Å². The number of nitrogens with one attached hydrogen (secondary N) is 1. The van der Waals surface area contributed by atoms with E-state index in [0.29, 0.717) is 33.5 Å². The summed E-state index contributed by atoms with van der Waals surface area (Å²) in [4.78, 5) is 8.48. The fourth-order valence-electron chi connectivity index (χ4n) is 1.90. The zero-order valence-corrected chi connectivity index (χ0v) is 13.8. The van der Waals surface area contributed by atoms with Crippen molar-refractivity contribution in [3.8, 4) is 17.2 Å². The highest BCUT2D eigenvalue weighted by Crippen LogP contribution is 2.40. The highest BCUT2D eigenvalue weighted by molar-refractivity contribution is 9.10. The first-order valence-corrected chi connectivity index (χ1v) is 6.95. The maximum atomic E-state index is 5.32. The molecule has 1 N–H and O–H groups in total. The van der Waals surface area contributed by atoms with Gasteiger partial charge in [0.05, 0.1) is 21.3 Å². The monoisotopic (exact) mass is 353 g/mol. The summed E-state index contributed by atoms with van der Waals surface area (Å²) in [5.74, 6) is 3.03. The minimum Gasteiger partial charge on any atom is -0.493 e. The van der Waals surface area contributed by atoms with E-state index in [0.717, 1.165) is 5.69 Å². The molecule has 2 rings (SSSR count). The number of rotatable bonds is 5. The third-order valence-electron chi connectivity index (χ3n) is 2.74. The molecule has 0 saturated carbocycles. The van der Waals surface area contributed by atoms with Crippen LogP contribution in [0.2, 0.25) is 0 Å². The van der Waals surface area contributed by atoms with Crippen molar-refractivity contribution < 1.29 is 14.2 Å². The Hall–Kier alpha value is -2.02. The molecule has 0 unspecified atom stereocenters. The normalized spacial score (nSPS) is 10.1. The van der Waals surface area contributed by atoms with Crippen molar-refractivity contribution in [2.45, 2.75) is 6.92 Å². The molecular weight excluding hydrogens is 338 g/mol. The second-order valence-electron chi connectivity index (χ2n) is 4.16. The first kappa shape index (κ1) is 15.4. The molecule has 0 bridgehead atoms.